The smallest absolute Gasteiger partial charge is 0.340 e. The molecule has 0 fully saturated rings. The number of fused-ring (bicyclic) bond motifs is 1. The molecule has 1 N–H and O–H groups in total. The Morgan fingerprint density at radius 3 is 2.61 bits per heavy atom. The third-order valence-corrected chi connectivity index (χ3v) is 5.76. The van der Waals surface area contributed by atoms with Crippen molar-refractivity contribution in [3.8, 4) is 6.19 Å². The maximum absolute atomic E-state index is 13.0. The number of halogens is 3. The highest BCUT2D eigenvalue weighted by Gasteiger charge is 2.32. The van der Waals surface area contributed by atoms with Crippen LogP contribution in [-0.4, -0.2) is 29.3 Å². The van der Waals surface area contributed by atoms with E-state index in [0.29, 0.717) is 0 Å². The van der Waals surface area contributed by atoms with Gasteiger partial charge in [-0.2, -0.15) is 18.4 Å². The molecule has 3 aromatic rings. The van der Waals surface area contributed by atoms with E-state index in [0.717, 1.165) is 38.7 Å². The number of amides is 2. The first kappa shape index (κ1) is 22.3. The highest BCUT2D eigenvalue weighted by Crippen LogP contribution is 2.30. The van der Waals surface area contributed by atoms with E-state index in [9.17, 15) is 28.0 Å². The number of carbonyl (C=O) groups excluding carboxylic acids is 2. The molecule has 1 aromatic heterocycles. The van der Waals surface area contributed by atoms with E-state index in [4.69, 9.17) is 0 Å². The van der Waals surface area contributed by atoms with Gasteiger partial charge >= 0.3 is 6.18 Å². The molecule has 0 aliphatic rings. The second-order valence-corrected chi connectivity index (χ2v) is 7.66. The van der Waals surface area contributed by atoms with Crippen LogP contribution in [0.5, 0.6) is 0 Å². The summed E-state index contributed by atoms with van der Waals surface area (Å²) in [5.41, 5.74) is -0.376. The van der Waals surface area contributed by atoms with Crippen LogP contribution in [0.25, 0.3) is 10.1 Å². The van der Waals surface area contributed by atoms with Crippen LogP contribution >= 0.6 is 11.3 Å². The molecule has 0 spiro atoms. The zero-order valence-electron chi connectivity index (χ0n) is 16.4. The van der Waals surface area contributed by atoms with Gasteiger partial charge < -0.3 is 5.32 Å². The first-order chi connectivity index (χ1) is 14.7. The Morgan fingerprint density at radius 2 is 1.94 bits per heavy atom. The Hall–Kier alpha value is -3.38. The van der Waals surface area contributed by atoms with Gasteiger partial charge in [-0.25, -0.2) is 4.90 Å². The van der Waals surface area contributed by atoms with Crippen LogP contribution in [-0.2, 0) is 17.4 Å². The standard InChI is InChI=1S/C22H18F3N3O2S/c1-2-28(13-26)21(30)18(11-15-12-31-19-9-4-3-8-17(15)19)27-20(29)14-6-5-7-16(10-14)22(23,24)25/h3-10,12,18H,2,11H2,1H3,(H,27,29). The number of alkyl halides is 3. The lowest BCUT2D eigenvalue weighted by molar-refractivity contribution is -0.137. The minimum Gasteiger partial charge on any atom is -0.340 e. The van der Waals surface area contributed by atoms with Crippen LogP contribution in [0.2, 0.25) is 0 Å². The van der Waals surface area contributed by atoms with Gasteiger partial charge in [0.15, 0.2) is 6.19 Å². The summed E-state index contributed by atoms with van der Waals surface area (Å²) < 4.78 is 40.0. The van der Waals surface area contributed by atoms with Gasteiger partial charge in [0, 0.05) is 23.2 Å². The molecular formula is C22H18F3N3O2S. The van der Waals surface area contributed by atoms with E-state index < -0.39 is 29.6 Å². The predicted octanol–water partition coefficient (Wildman–Crippen LogP) is 4.59. The third kappa shape index (κ3) is 5.03. The lowest BCUT2D eigenvalue weighted by atomic mass is 10.0. The van der Waals surface area contributed by atoms with Crippen molar-refractivity contribution in [1.29, 1.82) is 5.26 Å². The molecule has 0 aliphatic carbocycles. The first-order valence-corrected chi connectivity index (χ1v) is 10.3. The van der Waals surface area contributed by atoms with E-state index >= 15 is 0 Å². The molecule has 0 saturated heterocycles. The molecule has 3 rings (SSSR count). The van der Waals surface area contributed by atoms with Gasteiger partial charge in [0.05, 0.1) is 5.56 Å². The van der Waals surface area contributed by atoms with E-state index in [2.05, 4.69) is 5.32 Å². The van der Waals surface area contributed by atoms with E-state index in [1.165, 1.54) is 17.4 Å². The van der Waals surface area contributed by atoms with Crippen molar-refractivity contribution in [2.75, 3.05) is 6.54 Å². The minimum absolute atomic E-state index is 0.103. The van der Waals surface area contributed by atoms with Crippen LogP contribution in [0.1, 0.15) is 28.4 Å². The molecule has 5 nitrogen and oxygen atoms in total. The Bertz CT molecular complexity index is 1150. The number of benzene rings is 2. The van der Waals surface area contributed by atoms with Crippen LogP contribution < -0.4 is 5.32 Å². The van der Waals surface area contributed by atoms with E-state index in [-0.39, 0.29) is 18.5 Å². The normalized spacial score (nSPS) is 12.2. The highest BCUT2D eigenvalue weighted by atomic mass is 32.1. The van der Waals surface area contributed by atoms with Gasteiger partial charge in [-0.05, 0) is 47.5 Å². The molecule has 1 heterocycles. The van der Waals surface area contributed by atoms with Crippen LogP contribution in [0, 0.1) is 11.5 Å². The van der Waals surface area contributed by atoms with Gasteiger partial charge in [0.1, 0.15) is 6.04 Å². The Balaban J connectivity index is 1.91. The summed E-state index contributed by atoms with van der Waals surface area (Å²) in [6.07, 6.45) is -2.72. The second kappa shape index (κ2) is 9.18. The molecule has 1 unspecified atom stereocenters. The zero-order chi connectivity index (χ0) is 22.6. The van der Waals surface area contributed by atoms with Crippen LogP contribution in [0.3, 0.4) is 0 Å². The molecule has 2 amide bonds. The van der Waals surface area contributed by atoms with Gasteiger partial charge in [-0.15, -0.1) is 11.3 Å². The molecule has 31 heavy (non-hydrogen) atoms. The number of hydrogen-bond acceptors (Lipinski definition) is 4. The SMILES string of the molecule is CCN(C#N)C(=O)C(Cc1csc2ccccc12)NC(=O)c1cccc(C(F)(F)F)c1. The molecule has 2 aromatic carbocycles. The zero-order valence-corrected chi connectivity index (χ0v) is 17.3. The molecule has 0 bridgehead atoms. The van der Waals surface area contributed by atoms with Crippen molar-refractivity contribution in [2.24, 2.45) is 0 Å². The maximum atomic E-state index is 13.0. The third-order valence-electron chi connectivity index (χ3n) is 4.74. The topological polar surface area (TPSA) is 73.2 Å². The van der Waals surface area contributed by atoms with Crippen molar-refractivity contribution >= 4 is 33.2 Å². The summed E-state index contributed by atoms with van der Waals surface area (Å²) in [4.78, 5) is 26.5. The number of nitriles is 1. The second-order valence-electron chi connectivity index (χ2n) is 6.75. The Labute approximate surface area is 180 Å². The summed E-state index contributed by atoms with van der Waals surface area (Å²) >= 11 is 1.48. The van der Waals surface area contributed by atoms with E-state index in [1.54, 1.807) is 13.1 Å². The van der Waals surface area contributed by atoms with Crippen molar-refractivity contribution in [2.45, 2.75) is 25.6 Å². The summed E-state index contributed by atoms with van der Waals surface area (Å²) in [7, 11) is 0. The largest absolute Gasteiger partial charge is 0.416 e. The van der Waals surface area contributed by atoms with Crippen molar-refractivity contribution in [3.63, 3.8) is 0 Å². The molecule has 0 radical (unpaired) electrons. The Morgan fingerprint density at radius 1 is 1.19 bits per heavy atom. The van der Waals surface area contributed by atoms with E-state index in [1.807, 2.05) is 29.6 Å². The summed E-state index contributed by atoms with van der Waals surface area (Å²) in [6.45, 7) is 1.72. The summed E-state index contributed by atoms with van der Waals surface area (Å²) in [6, 6.07) is 10.4. The number of thiophene rings is 1. The molecule has 0 aliphatic heterocycles. The van der Waals surface area contributed by atoms with Crippen molar-refractivity contribution in [1.82, 2.24) is 10.2 Å². The number of nitrogens with zero attached hydrogens (tertiary/aromatic N) is 2. The number of hydrogen-bond donors (Lipinski definition) is 1. The molecule has 160 valence electrons. The maximum Gasteiger partial charge on any atom is 0.416 e. The van der Waals surface area contributed by atoms with Gasteiger partial charge in [0.2, 0.25) is 0 Å². The van der Waals surface area contributed by atoms with Crippen molar-refractivity contribution < 1.29 is 22.8 Å². The fourth-order valence-electron chi connectivity index (χ4n) is 3.15. The number of rotatable bonds is 6. The number of nitrogens with one attached hydrogen (secondary N) is 1. The molecule has 0 saturated carbocycles. The highest BCUT2D eigenvalue weighted by molar-refractivity contribution is 7.17. The minimum atomic E-state index is -4.60. The first-order valence-electron chi connectivity index (χ1n) is 9.39. The molecule has 1 atom stereocenters. The fraction of sp³-hybridized carbons (Fsp3) is 0.227. The van der Waals surface area contributed by atoms with Gasteiger partial charge in [0.25, 0.3) is 11.8 Å². The van der Waals surface area contributed by atoms with Gasteiger partial charge in [-0.1, -0.05) is 24.3 Å². The lowest BCUT2D eigenvalue weighted by Gasteiger charge is -2.22. The number of carbonyl (C=O) groups is 2. The van der Waals surface area contributed by atoms with Crippen LogP contribution in [0.4, 0.5) is 13.2 Å². The quantitative estimate of drug-likeness (QED) is 0.446. The van der Waals surface area contributed by atoms with Gasteiger partial charge in [-0.3, -0.25) is 9.59 Å². The fourth-order valence-corrected chi connectivity index (χ4v) is 4.13. The Kier molecular flexibility index (Phi) is 6.61. The number of likely N-dealkylation sites (N-methyl/N-ethyl adjacent to an activating group) is 1. The van der Waals surface area contributed by atoms with Crippen LogP contribution in [0.15, 0.2) is 53.9 Å². The average molecular weight is 445 g/mol. The molecular weight excluding hydrogens is 427 g/mol. The average Bonchev–Trinajstić information content (AvgIpc) is 3.16. The monoisotopic (exact) mass is 445 g/mol. The summed E-state index contributed by atoms with van der Waals surface area (Å²) in [5.74, 6) is -1.45. The predicted molar refractivity (Wildman–Crippen MR) is 111 cm³/mol. The lowest BCUT2D eigenvalue weighted by Crippen LogP contribution is -2.48. The van der Waals surface area contributed by atoms with Crippen molar-refractivity contribution in [3.05, 3.63) is 70.6 Å². The molecule has 9 heteroatoms. The summed E-state index contributed by atoms with van der Waals surface area (Å²) in [5, 5.41) is 14.5.